The van der Waals surface area contributed by atoms with E-state index in [-0.39, 0.29) is 6.10 Å². The highest BCUT2D eigenvalue weighted by Crippen LogP contribution is 2.26. The molecular weight excluding hydrogens is 288 g/mol. The molecule has 1 aliphatic heterocycles. The van der Waals surface area contributed by atoms with E-state index in [1.807, 2.05) is 35.9 Å². The third-order valence-electron chi connectivity index (χ3n) is 3.76. The fraction of sp³-hybridized carbons (Fsp3) is 0.467. The highest BCUT2D eigenvalue weighted by molar-refractivity contribution is 6.32. The van der Waals surface area contributed by atoms with Crippen molar-refractivity contribution in [2.24, 2.45) is 7.05 Å². The second-order valence-electron chi connectivity index (χ2n) is 5.41. The SMILES string of the molecule is Cn1cnnc1CN1CCC[C@@H](Oc2ccccc2Cl)C1. The highest BCUT2D eigenvalue weighted by Gasteiger charge is 2.23. The van der Waals surface area contributed by atoms with Crippen molar-refractivity contribution in [2.45, 2.75) is 25.5 Å². The minimum atomic E-state index is 0.173. The first-order valence-corrected chi connectivity index (χ1v) is 7.56. The summed E-state index contributed by atoms with van der Waals surface area (Å²) in [7, 11) is 1.97. The lowest BCUT2D eigenvalue weighted by Crippen LogP contribution is -2.41. The van der Waals surface area contributed by atoms with Gasteiger partial charge in [0.1, 0.15) is 24.0 Å². The monoisotopic (exact) mass is 306 g/mol. The van der Waals surface area contributed by atoms with Gasteiger partial charge >= 0.3 is 0 Å². The lowest BCUT2D eigenvalue weighted by molar-refractivity contribution is 0.0823. The topological polar surface area (TPSA) is 43.2 Å². The molecule has 0 radical (unpaired) electrons. The molecular formula is C15H19ClN4O. The number of likely N-dealkylation sites (tertiary alicyclic amines) is 1. The number of aryl methyl sites for hydroxylation is 1. The van der Waals surface area contributed by atoms with Gasteiger partial charge in [0.15, 0.2) is 0 Å². The lowest BCUT2D eigenvalue weighted by atomic mass is 10.1. The van der Waals surface area contributed by atoms with Gasteiger partial charge in [0.05, 0.1) is 11.6 Å². The van der Waals surface area contributed by atoms with Crippen LogP contribution in [0.1, 0.15) is 18.7 Å². The Labute approximate surface area is 129 Å². The number of rotatable bonds is 4. The largest absolute Gasteiger partial charge is 0.488 e. The summed E-state index contributed by atoms with van der Waals surface area (Å²) in [6.45, 7) is 2.76. The van der Waals surface area contributed by atoms with Crippen LogP contribution >= 0.6 is 11.6 Å². The molecule has 0 amide bonds. The minimum Gasteiger partial charge on any atom is -0.488 e. The van der Waals surface area contributed by atoms with Crippen LogP contribution in [0.25, 0.3) is 0 Å². The van der Waals surface area contributed by atoms with Crippen LogP contribution < -0.4 is 4.74 Å². The van der Waals surface area contributed by atoms with Crippen molar-refractivity contribution in [3.8, 4) is 5.75 Å². The third kappa shape index (κ3) is 3.54. The Morgan fingerprint density at radius 2 is 2.24 bits per heavy atom. The molecule has 1 atom stereocenters. The van der Waals surface area contributed by atoms with Crippen LogP contribution in [0.3, 0.4) is 0 Å². The molecule has 2 heterocycles. The maximum Gasteiger partial charge on any atom is 0.146 e. The molecule has 1 aromatic carbocycles. The summed E-state index contributed by atoms with van der Waals surface area (Å²) < 4.78 is 8.01. The summed E-state index contributed by atoms with van der Waals surface area (Å²) >= 11 is 6.16. The Balaban J connectivity index is 1.61. The maximum absolute atomic E-state index is 6.16. The van der Waals surface area contributed by atoms with Gasteiger partial charge in [-0.25, -0.2) is 0 Å². The van der Waals surface area contributed by atoms with Gasteiger partial charge in [-0.2, -0.15) is 0 Å². The van der Waals surface area contributed by atoms with Crippen molar-refractivity contribution in [2.75, 3.05) is 13.1 Å². The van der Waals surface area contributed by atoms with Gasteiger partial charge in [-0.3, -0.25) is 4.90 Å². The molecule has 0 unspecified atom stereocenters. The predicted molar refractivity (Wildman–Crippen MR) is 81.4 cm³/mol. The number of ether oxygens (including phenoxy) is 1. The van der Waals surface area contributed by atoms with Gasteiger partial charge in [0.2, 0.25) is 0 Å². The van der Waals surface area contributed by atoms with Crippen LogP contribution in [0, 0.1) is 0 Å². The van der Waals surface area contributed by atoms with Gasteiger partial charge in [-0.1, -0.05) is 23.7 Å². The number of piperidine rings is 1. The molecule has 21 heavy (non-hydrogen) atoms. The predicted octanol–water partition coefficient (Wildman–Crippen LogP) is 2.51. The van der Waals surface area contributed by atoms with E-state index in [2.05, 4.69) is 15.1 Å². The van der Waals surface area contributed by atoms with E-state index in [1.165, 1.54) is 0 Å². The number of aromatic nitrogens is 3. The Morgan fingerprint density at radius 3 is 3.00 bits per heavy atom. The van der Waals surface area contributed by atoms with E-state index in [1.54, 1.807) is 6.33 Å². The van der Waals surface area contributed by atoms with Crippen LogP contribution in [0.2, 0.25) is 5.02 Å². The maximum atomic E-state index is 6.16. The van der Waals surface area contributed by atoms with Crippen LogP contribution in [0.15, 0.2) is 30.6 Å². The van der Waals surface area contributed by atoms with Crippen molar-refractivity contribution >= 4 is 11.6 Å². The molecule has 0 aliphatic carbocycles. The number of para-hydroxylation sites is 1. The number of hydrogen-bond donors (Lipinski definition) is 0. The van der Waals surface area contributed by atoms with Crippen LogP contribution in [0.4, 0.5) is 0 Å². The van der Waals surface area contributed by atoms with E-state index in [0.29, 0.717) is 5.02 Å². The Hall–Kier alpha value is -1.59. The van der Waals surface area contributed by atoms with Gasteiger partial charge in [-0.05, 0) is 31.5 Å². The van der Waals surface area contributed by atoms with Crippen LogP contribution in [0.5, 0.6) is 5.75 Å². The van der Waals surface area contributed by atoms with E-state index >= 15 is 0 Å². The van der Waals surface area contributed by atoms with E-state index in [9.17, 15) is 0 Å². The summed E-state index contributed by atoms with van der Waals surface area (Å²) in [4.78, 5) is 2.36. The first-order chi connectivity index (χ1) is 10.2. The molecule has 112 valence electrons. The Kier molecular flexibility index (Phi) is 4.41. The quantitative estimate of drug-likeness (QED) is 0.870. The normalized spacial score (nSPS) is 19.6. The fourth-order valence-corrected chi connectivity index (χ4v) is 2.80. The van der Waals surface area contributed by atoms with Crippen molar-refractivity contribution in [1.82, 2.24) is 19.7 Å². The van der Waals surface area contributed by atoms with Gasteiger partial charge in [0.25, 0.3) is 0 Å². The van der Waals surface area contributed by atoms with E-state index in [4.69, 9.17) is 16.3 Å². The number of hydrogen-bond acceptors (Lipinski definition) is 4. The van der Waals surface area contributed by atoms with E-state index in [0.717, 1.165) is 44.0 Å². The average Bonchev–Trinajstić information content (AvgIpc) is 2.87. The summed E-state index contributed by atoms with van der Waals surface area (Å²) in [6, 6.07) is 7.64. The summed E-state index contributed by atoms with van der Waals surface area (Å²) in [5.41, 5.74) is 0. The van der Waals surface area contributed by atoms with E-state index < -0.39 is 0 Å². The zero-order valence-electron chi connectivity index (χ0n) is 12.1. The van der Waals surface area contributed by atoms with Crippen molar-refractivity contribution in [3.63, 3.8) is 0 Å². The number of halogens is 1. The molecule has 5 nitrogen and oxygen atoms in total. The number of nitrogens with zero attached hydrogens (tertiary/aromatic N) is 4. The molecule has 0 spiro atoms. The molecule has 0 bridgehead atoms. The molecule has 1 aromatic heterocycles. The Morgan fingerprint density at radius 1 is 1.38 bits per heavy atom. The van der Waals surface area contributed by atoms with Crippen molar-refractivity contribution < 1.29 is 4.74 Å². The molecule has 0 saturated carbocycles. The van der Waals surface area contributed by atoms with Crippen molar-refractivity contribution in [3.05, 3.63) is 41.4 Å². The molecule has 1 saturated heterocycles. The molecule has 6 heteroatoms. The molecule has 1 fully saturated rings. The fourth-order valence-electron chi connectivity index (χ4n) is 2.62. The second kappa shape index (κ2) is 6.45. The average molecular weight is 307 g/mol. The highest BCUT2D eigenvalue weighted by atomic mass is 35.5. The summed E-state index contributed by atoms with van der Waals surface area (Å²) in [5, 5.41) is 8.73. The summed E-state index contributed by atoms with van der Waals surface area (Å²) in [6.07, 6.45) is 4.08. The lowest BCUT2D eigenvalue weighted by Gasteiger charge is -2.32. The van der Waals surface area contributed by atoms with Gasteiger partial charge in [0, 0.05) is 13.6 Å². The standard InChI is InChI=1S/C15H19ClN4O/c1-19-11-17-18-15(19)10-20-8-4-5-12(9-20)21-14-7-3-2-6-13(14)16/h2-3,6-7,11-12H,4-5,8-10H2,1H3/t12-/m1/s1. The van der Waals surface area contributed by atoms with Crippen LogP contribution in [-0.2, 0) is 13.6 Å². The molecule has 2 aromatic rings. The van der Waals surface area contributed by atoms with Crippen molar-refractivity contribution in [1.29, 1.82) is 0 Å². The number of benzene rings is 1. The molecule has 3 rings (SSSR count). The third-order valence-corrected chi connectivity index (χ3v) is 4.07. The first kappa shape index (κ1) is 14.4. The second-order valence-corrected chi connectivity index (χ2v) is 5.81. The first-order valence-electron chi connectivity index (χ1n) is 7.19. The van der Waals surface area contributed by atoms with Crippen LogP contribution in [-0.4, -0.2) is 38.9 Å². The molecule has 1 aliphatic rings. The van der Waals surface area contributed by atoms with Gasteiger partial charge < -0.3 is 9.30 Å². The Bertz CT molecular complexity index is 601. The summed E-state index contributed by atoms with van der Waals surface area (Å²) in [5.74, 6) is 1.75. The zero-order chi connectivity index (χ0) is 14.7. The minimum absolute atomic E-state index is 0.173. The molecule has 0 N–H and O–H groups in total. The smallest absolute Gasteiger partial charge is 0.146 e. The zero-order valence-corrected chi connectivity index (χ0v) is 12.8. The van der Waals surface area contributed by atoms with Gasteiger partial charge in [-0.15, -0.1) is 10.2 Å².